The number of carboxylic acids is 1. The predicted molar refractivity (Wildman–Crippen MR) is 185 cm³/mol. The largest absolute Gasteiger partial charge is 0.493 e. The second-order valence-corrected chi connectivity index (χ2v) is 13.7. The van der Waals surface area contributed by atoms with Crippen molar-refractivity contribution in [3.63, 3.8) is 0 Å². The van der Waals surface area contributed by atoms with Gasteiger partial charge in [0.05, 0.1) is 28.9 Å². The van der Waals surface area contributed by atoms with E-state index in [9.17, 15) is 23.1 Å². The summed E-state index contributed by atoms with van der Waals surface area (Å²) in [5.41, 5.74) is 2.04. The maximum Gasteiger partial charge on any atom is 0.420 e. The van der Waals surface area contributed by atoms with Gasteiger partial charge in [-0.2, -0.15) is 13.2 Å². The minimum atomic E-state index is -4.63. The number of benzene rings is 2. The number of alkyl halides is 3. The zero-order valence-corrected chi connectivity index (χ0v) is 28.5. The summed E-state index contributed by atoms with van der Waals surface area (Å²) < 4.78 is 48.1. The number of nitrogens with zero attached hydrogens (tertiary/aromatic N) is 6. The molecule has 0 saturated heterocycles. The van der Waals surface area contributed by atoms with E-state index in [0.29, 0.717) is 39.9 Å². The third-order valence-corrected chi connectivity index (χ3v) is 9.83. The Morgan fingerprint density at radius 2 is 1.96 bits per heavy atom. The number of fused-ring (bicyclic) bond motifs is 2. The SMILES string of the molecule is Cc1c(Nc2nc3ccccc3s2)nnc2c1CCCN2c1nc(C(=O)O)c(CCCOc2ccc(C#CCN(C)C)cc2C(F)(F)F)s1. The maximum atomic E-state index is 13.8. The minimum absolute atomic E-state index is 0.0529. The van der Waals surface area contributed by atoms with Gasteiger partial charge in [-0.15, -0.1) is 21.5 Å². The predicted octanol–water partition coefficient (Wildman–Crippen LogP) is 7.32. The van der Waals surface area contributed by atoms with Crippen LogP contribution in [0.15, 0.2) is 42.5 Å². The van der Waals surface area contributed by atoms with Crippen LogP contribution in [0, 0.1) is 18.8 Å². The van der Waals surface area contributed by atoms with Crippen LogP contribution in [0.4, 0.5) is 35.1 Å². The van der Waals surface area contributed by atoms with Crippen LogP contribution in [-0.2, 0) is 19.0 Å². The number of halogens is 3. The van der Waals surface area contributed by atoms with Crippen LogP contribution in [0.3, 0.4) is 0 Å². The van der Waals surface area contributed by atoms with Crippen molar-refractivity contribution in [2.45, 2.75) is 38.8 Å². The van der Waals surface area contributed by atoms with Crippen molar-refractivity contribution >= 4 is 60.8 Å². The Bertz CT molecular complexity index is 2030. The fraction of sp³-hybridized carbons (Fsp3) is 0.324. The summed E-state index contributed by atoms with van der Waals surface area (Å²) in [5.74, 6) is 5.32. The van der Waals surface area contributed by atoms with E-state index in [1.807, 2.05) is 55.1 Å². The Morgan fingerprint density at radius 3 is 2.71 bits per heavy atom. The lowest BCUT2D eigenvalue weighted by molar-refractivity contribution is -0.139. The monoisotopic (exact) mass is 707 g/mol. The van der Waals surface area contributed by atoms with E-state index in [-0.39, 0.29) is 36.5 Å². The lowest BCUT2D eigenvalue weighted by Gasteiger charge is -2.28. The van der Waals surface area contributed by atoms with Gasteiger partial charge < -0.3 is 20.1 Å². The Kier molecular flexibility index (Phi) is 10.00. The van der Waals surface area contributed by atoms with Crippen molar-refractivity contribution in [3.8, 4) is 17.6 Å². The fourth-order valence-electron chi connectivity index (χ4n) is 5.37. The molecule has 0 amide bonds. The average Bonchev–Trinajstić information content (AvgIpc) is 3.68. The summed E-state index contributed by atoms with van der Waals surface area (Å²) in [4.78, 5) is 25.5. The molecular formula is C34H32F3N7O3S2. The second kappa shape index (κ2) is 14.4. The van der Waals surface area contributed by atoms with Gasteiger partial charge in [-0.25, -0.2) is 14.8 Å². The van der Waals surface area contributed by atoms with Crippen molar-refractivity contribution in [3.05, 3.63) is 75.3 Å². The molecule has 0 bridgehead atoms. The van der Waals surface area contributed by atoms with Crippen molar-refractivity contribution in [2.75, 3.05) is 44.0 Å². The number of nitrogens with one attached hydrogen (secondary N) is 1. The number of aromatic carboxylic acids is 1. The van der Waals surface area contributed by atoms with E-state index in [1.165, 1.54) is 34.8 Å². The van der Waals surface area contributed by atoms with E-state index in [0.717, 1.165) is 40.3 Å². The molecule has 2 N–H and O–H groups in total. The molecule has 0 spiro atoms. The Balaban J connectivity index is 1.16. The molecular weight excluding hydrogens is 676 g/mol. The van der Waals surface area contributed by atoms with Crippen LogP contribution in [-0.4, -0.2) is 69.9 Å². The van der Waals surface area contributed by atoms with Crippen LogP contribution < -0.4 is 15.0 Å². The zero-order chi connectivity index (χ0) is 34.7. The van der Waals surface area contributed by atoms with Gasteiger partial charge in [-0.3, -0.25) is 4.90 Å². The molecule has 3 aromatic heterocycles. The van der Waals surface area contributed by atoms with Crippen LogP contribution in [0.1, 0.15) is 50.5 Å². The number of carbonyl (C=O) groups is 1. The molecule has 0 atom stereocenters. The van der Waals surface area contributed by atoms with Crippen molar-refractivity contribution in [1.82, 2.24) is 25.1 Å². The summed E-state index contributed by atoms with van der Waals surface area (Å²) >= 11 is 2.75. The van der Waals surface area contributed by atoms with Gasteiger partial charge in [-0.1, -0.05) is 35.3 Å². The van der Waals surface area contributed by atoms with E-state index in [4.69, 9.17) is 4.74 Å². The minimum Gasteiger partial charge on any atom is -0.493 e. The summed E-state index contributed by atoms with van der Waals surface area (Å²) in [6, 6.07) is 11.6. The van der Waals surface area contributed by atoms with Gasteiger partial charge >= 0.3 is 12.1 Å². The molecule has 1 aliphatic rings. The highest BCUT2D eigenvalue weighted by Gasteiger charge is 2.35. The summed E-state index contributed by atoms with van der Waals surface area (Å²) in [6.07, 6.45) is -2.53. The average molecular weight is 708 g/mol. The van der Waals surface area contributed by atoms with Gasteiger partial charge in [-0.05, 0) is 77.0 Å². The molecule has 0 aliphatic carbocycles. The lowest BCUT2D eigenvalue weighted by Crippen LogP contribution is -2.27. The first kappa shape index (κ1) is 34.1. The number of rotatable bonds is 10. The Morgan fingerprint density at radius 1 is 1.14 bits per heavy atom. The molecule has 1 aliphatic heterocycles. The lowest BCUT2D eigenvalue weighted by atomic mass is 10.0. The number of para-hydroxylation sites is 1. The Hall–Kier alpha value is -4.78. The molecule has 49 heavy (non-hydrogen) atoms. The highest BCUT2D eigenvalue weighted by Crippen LogP contribution is 2.40. The van der Waals surface area contributed by atoms with Gasteiger partial charge in [0, 0.05) is 28.1 Å². The number of hydrogen-bond donors (Lipinski definition) is 2. The van der Waals surface area contributed by atoms with Gasteiger partial charge in [0.1, 0.15) is 5.75 Å². The number of anilines is 4. The molecule has 4 heterocycles. The third-order valence-electron chi connectivity index (χ3n) is 7.74. The van der Waals surface area contributed by atoms with E-state index >= 15 is 0 Å². The second-order valence-electron chi connectivity index (χ2n) is 11.6. The number of carboxylic acid groups (broad SMARTS) is 1. The quantitative estimate of drug-likeness (QED) is 0.113. The number of aryl methyl sites for hydroxylation is 1. The van der Waals surface area contributed by atoms with Gasteiger partial charge in [0.2, 0.25) is 0 Å². The number of thiazole rings is 2. The molecule has 15 heteroatoms. The van der Waals surface area contributed by atoms with Gasteiger partial charge in [0.15, 0.2) is 27.6 Å². The maximum absolute atomic E-state index is 13.8. The molecule has 6 rings (SSSR count). The third kappa shape index (κ3) is 7.77. The standard InChI is InChI=1S/C34H32F3N7O3S2/c1-20-22-10-7-17-44(30(22)42-41-29(20)40-32-38-24-11-4-5-12-26(24)48-32)33-39-28(31(45)46)27(49-33)13-8-18-47-25-15-14-21(9-6-16-43(2)3)19-23(25)34(35,36)37/h4-5,11-12,14-15,19H,7-8,10,13,16-18H2,1-3H3,(H,45,46)(H,38,40,41). The zero-order valence-electron chi connectivity index (χ0n) is 26.9. The highest BCUT2D eigenvalue weighted by molar-refractivity contribution is 7.22. The van der Waals surface area contributed by atoms with E-state index in [1.54, 1.807) is 0 Å². The fourth-order valence-corrected chi connectivity index (χ4v) is 7.36. The topological polar surface area (TPSA) is 117 Å². The first-order valence-corrected chi connectivity index (χ1v) is 17.1. The first-order valence-electron chi connectivity index (χ1n) is 15.4. The number of hydrogen-bond acceptors (Lipinski definition) is 11. The summed E-state index contributed by atoms with van der Waals surface area (Å²) in [7, 11) is 3.64. The summed E-state index contributed by atoms with van der Waals surface area (Å²) in [6.45, 7) is 2.91. The Labute approximate surface area is 288 Å². The molecule has 5 aromatic rings. The number of aromatic nitrogens is 4. The smallest absolute Gasteiger partial charge is 0.420 e. The van der Waals surface area contributed by atoms with Crippen LogP contribution in [0.2, 0.25) is 0 Å². The molecule has 0 saturated carbocycles. The van der Waals surface area contributed by atoms with Crippen molar-refractivity contribution in [1.29, 1.82) is 0 Å². The molecule has 0 radical (unpaired) electrons. The van der Waals surface area contributed by atoms with Crippen LogP contribution in [0.25, 0.3) is 10.2 Å². The molecule has 2 aromatic carbocycles. The molecule has 10 nitrogen and oxygen atoms in total. The molecule has 254 valence electrons. The van der Waals surface area contributed by atoms with E-state index < -0.39 is 17.7 Å². The highest BCUT2D eigenvalue weighted by atomic mass is 32.1. The normalized spacial score (nSPS) is 12.9. The molecule has 0 fully saturated rings. The first-order chi connectivity index (χ1) is 23.5. The van der Waals surface area contributed by atoms with Gasteiger partial charge in [0.25, 0.3) is 0 Å². The summed E-state index contributed by atoms with van der Waals surface area (Å²) in [5, 5.41) is 23.4. The van der Waals surface area contributed by atoms with E-state index in [2.05, 4.69) is 37.3 Å². The van der Waals surface area contributed by atoms with Crippen molar-refractivity contribution in [2.24, 2.45) is 0 Å². The van der Waals surface area contributed by atoms with Crippen molar-refractivity contribution < 1.29 is 27.8 Å². The van der Waals surface area contributed by atoms with Crippen LogP contribution in [0.5, 0.6) is 5.75 Å². The number of ether oxygens (including phenoxy) is 1. The van der Waals surface area contributed by atoms with Crippen LogP contribution >= 0.6 is 22.7 Å². The molecule has 0 unspecified atom stereocenters.